The molecule has 0 bridgehead atoms. The smallest absolute Gasteiger partial charge is 0.319 e. The number of hydrogen-bond donors (Lipinski definition) is 3. The lowest BCUT2D eigenvalue weighted by Gasteiger charge is -2.37. The fourth-order valence-electron chi connectivity index (χ4n) is 4.03. The molecule has 1 fully saturated rings. The number of pyridine rings is 1. The van der Waals surface area contributed by atoms with E-state index in [9.17, 15) is 14.0 Å². The van der Waals surface area contributed by atoms with Crippen molar-refractivity contribution in [3.63, 3.8) is 0 Å². The van der Waals surface area contributed by atoms with Crippen LogP contribution in [0.2, 0.25) is 0 Å². The lowest BCUT2D eigenvalue weighted by atomic mass is 9.82. The number of nitrogens with zero attached hydrogens (tertiary/aromatic N) is 1. The number of halogens is 1. The zero-order chi connectivity index (χ0) is 23.2. The number of aromatic nitrogens is 1. The lowest BCUT2D eigenvalue weighted by Crippen LogP contribution is -2.55. The average Bonchev–Trinajstić information content (AvgIpc) is 2.85. The second kappa shape index (κ2) is 10.2. The van der Waals surface area contributed by atoms with E-state index in [1.807, 2.05) is 24.3 Å². The third-order valence-electron chi connectivity index (χ3n) is 5.76. The van der Waals surface area contributed by atoms with Crippen molar-refractivity contribution in [3.8, 4) is 5.75 Å². The summed E-state index contributed by atoms with van der Waals surface area (Å²) >= 11 is 0. The van der Waals surface area contributed by atoms with E-state index in [1.165, 1.54) is 24.3 Å². The molecular formula is C25H25FN4O3. The molecule has 1 aliphatic heterocycles. The number of benzene rings is 2. The standard InChI is InChI=1S/C25H25FN4O3/c1-33-19-11-5-16(6-12-19)20-15-28-23(24(31)21-4-2-3-13-27-21)14-22(20)30-25(32)29-18-9-7-17(26)8-10-18/h2-13,20,22-23,28H,14-15H2,1H3,(H2,29,30,32). The summed E-state index contributed by atoms with van der Waals surface area (Å²) in [5.74, 6) is 0.177. The van der Waals surface area contributed by atoms with Gasteiger partial charge in [-0.15, -0.1) is 0 Å². The minimum absolute atomic E-state index is 0.0670. The van der Waals surface area contributed by atoms with E-state index >= 15 is 0 Å². The van der Waals surface area contributed by atoms with Gasteiger partial charge in [0.2, 0.25) is 0 Å². The molecule has 0 spiro atoms. The number of rotatable bonds is 6. The number of urea groups is 1. The zero-order valence-corrected chi connectivity index (χ0v) is 18.1. The Labute approximate surface area is 191 Å². The number of carbonyl (C=O) groups excluding carboxylic acids is 2. The van der Waals surface area contributed by atoms with Crippen molar-refractivity contribution in [1.82, 2.24) is 15.6 Å². The number of Topliss-reactive ketones (excluding diaryl/α,β-unsaturated/α-hetero) is 1. The Kier molecular flexibility index (Phi) is 6.95. The first-order valence-electron chi connectivity index (χ1n) is 10.7. The van der Waals surface area contributed by atoms with Gasteiger partial charge in [0, 0.05) is 30.4 Å². The molecule has 3 atom stereocenters. The fraction of sp³-hybridized carbons (Fsp3) is 0.240. The molecule has 2 amide bonds. The number of anilines is 1. The predicted octanol–water partition coefficient (Wildman–Crippen LogP) is 3.75. The monoisotopic (exact) mass is 448 g/mol. The summed E-state index contributed by atoms with van der Waals surface area (Å²) in [4.78, 5) is 29.9. The predicted molar refractivity (Wildman–Crippen MR) is 123 cm³/mol. The maximum atomic E-state index is 13.2. The van der Waals surface area contributed by atoms with Crippen LogP contribution in [0.25, 0.3) is 0 Å². The van der Waals surface area contributed by atoms with Gasteiger partial charge < -0.3 is 20.7 Å². The summed E-state index contributed by atoms with van der Waals surface area (Å²) in [6.07, 6.45) is 1.98. The molecule has 3 N–H and O–H groups in total. The first-order chi connectivity index (χ1) is 16.0. The van der Waals surface area contributed by atoms with E-state index < -0.39 is 12.1 Å². The molecule has 8 heteroatoms. The molecule has 7 nitrogen and oxygen atoms in total. The third-order valence-corrected chi connectivity index (χ3v) is 5.76. The SMILES string of the molecule is COc1ccc(C2CNC(C(=O)c3ccccn3)CC2NC(=O)Nc2ccc(F)cc2)cc1. The molecule has 3 aromatic rings. The van der Waals surface area contributed by atoms with E-state index in [4.69, 9.17) is 4.74 Å². The highest BCUT2D eigenvalue weighted by atomic mass is 19.1. The van der Waals surface area contributed by atoms with Gasteiger partial charge >= 0.3 is 6.03 Å². The summed E-state index contributed by atoms with van der Waals surface area (Å²) in [6.45, 7) is 0.497. The maximum Gasteiger partial charge on any atom is 0.319 e. The van der Waals surface area contributed by atoms with E-state index in [-0.39, 0.29) is 23.6 Å². The van der Waals surface area contributed by atoms with Gasteiger partial charge in [-0.05, 0) is 60.5 Å². The number of ketones is 1. The number of carbonyl (C=O) groups is 2. The molecule has 0 radical (unpaired) electrons. The quantitative estimate of drug-likeness (QED) is 0.500. The number of amides is 2. The Morgan fingerprint density at radius 3 is 2.48 bits per heavy atom. The Bertz CT molecular complexity index is 1090. The summed E-state index contributed by atoms with van der Waals surface area (Å²) in [6, 6.07) is 17.2. The second-order valence-corrected chi connectivity index (χ2v) is 7.87. The molecule has 1 saturated heterocycles. The maximum absolute atomic E-state index is 13.2. The summed E-state index contributed by atoms with van der Waals surface area (Å²) in [5, 5.41) is 9.06. The van der Waals surface area contributed by atoms with Crippen molar-refractivity contribution in [3.05, 3.63) is 90.0 Å². The van der Waals surface area contributed by atoms with Gasteiger partial charge in [0.25, 0.3) is 0 Å². The van der Waals surface area contributed by atoms with Crippen LogP contribution in [0.1, 0.15) is 28.4 Å². The highest BCUT2D eigenvalue weighted by Gasteiger charge is 2.36. The molecule has 4 rings (SSSR count). The Morgan fingerprint density at radius 2 is 1.82 bits per heavy atom. The fourth-order valence-corrected chi connectivity index (χ4v) is 4.03. The van der Waals surface area contributed by atoms with Crippen molar-refractivity contribution >= 4 is 17.5 Å². The lowest BCUT2D eigenvalue weighted by molar-refractivity contribution is 0.0905. The molecular weight excluding hydrogens is 423 g/mol. The average molecular weight is 448 g/mol. The van der Waals surface area contributed by atoms with Crippen LogP contribution in [0.4, 0.5) is 14.9 Å². The minimum atomic E-state index is -0.481. The summed E-state index contributed by atoms with van der Waals surface area (Å²) in [5.41, 5.74) is 1.87. The molecule has 33 heavy (non-hydrogen) atoms. The number of methoxy groups -OCH3 is 1. The summed E-state index contributed by atoms with van der Waals surface area (Å²) < 4.78 is 18.4. The molecule has 0 aliphatic carbocycles. The Morgan fingerprint density at radius 1 is 1.06 bits per heavy atom. The van der Waals surface area contributed by atoms with E-state index in [2.05, 4.69) is 20.9 Å². The molecule has 2 heterocycles. The molecule has 170 valence electrons. The molecule has 2 aromatic carbocycles. The van der Waals surface area contributed by atoms with Gasteiger partial charge in [-0.3, -0.25) is 9.78 Å². The van der Waals surface area contributed by atoms with Crippen LogP contribution in [0.15, 0.2) is 72.9 Å². The topological polar surface area (TPSA) is 92.3 Å². The van der Waals surface area contributed by atoms with Crippen molar-refractivity contribution in [2.24, 2.45) is 0 Å². The van der Waals surface area contributed by atoms with Gasteiger partial charge in [0.05, 0.1) is 13.2 Å². The molecule has 1 aliphatic rings. The summed E-state index contributed by atoms with van der Waals surface area (Å²) in [7, 11) is 1.61. The first-order valence-corrected chi connectivity index (χ1v) is 10.7. The van der Waals surface area contributed by atoms with Crippen LogP contribution in [-0.2, 0) is 0 Å². The minimum Gasteiger partial charge on any atom is -0.497 e. The molecule has 3 unspecified atom stereocenters. The van der Waals surface area contributed by atoms with E-state index in [0.29, 0.717) is 24.3 Å². The van der Waals surface area contributed by atoms with Crippen LogP contribution in [0, 0.1) is 5.82 Å². The highest BCUT2D eigenvalue weighted by molar-refractivity contribution is 5.98. The zero-order valence-electron chi connectivity index (χ0n) is 18.1. The van der Waals surface area contributed by atoms with Gasteiger partial charge in [-0.25, -0.2) is 9.18 Å². The van der Waals surface area contributed by atoms with Crippen molar-refractivity contribution in [2.75, 3.05) is 19.0 Å². The van der Waals surface area contributed by atoms with Gasteiger partial charge in [-0.2, -0.15) is 0 Å². The highest BCUT2D eigenvalue weighted by Crippen LogP contribution is 2.28. The van der Waals surface area contributed by atoms with Crippen LogP contribution in [0.3, 0.4) is 0 Å². The van der Waals surface area contributed by atoms with Crippen molar-refractivity contribution < 1.29 is 18.7 Å². The van der Waals surface area contributed by atoms with E-state index in [1.54, 1.807) is 31.5 Å². The second-order valence-electron chi connectivity index (χ2n) is 7.87. The van der Waals surface area contributed by atoms with Crippen LogP contribution < -0.4 is 20.7 Å². The normalized spacial score (nSPS) is 20.0. The molecule has 0 saturated carbocycles. The van der Waals surface area contributed by atoms with Crippen LogP contribution in [0.5, 0.6) is 5.75 Å². The number of piperidine rings is 1. The Balaban J connectivity index is 1.52. The van der Waals surface area contributed by atoms with Gasteiger partial charge in [0.15, 0.2) is 5.78 Å². The number of ether oxygens (including phenoxy) is 1. The molecule has 1 aromatic heterocycles. The number of hydrogen-bond acceptors (Lipinski definition) is 5. The first kappa shape index (κ1) is 22.4. The van der Waals surface area contributed by atoms with Crippen LogP contribution >= 0.6 is 0 Å². The largest absolute Gasteiger partial charge is 0.497 e. The third kappa shape index (κ3) is 5.53. The van der Waals surface area contributed by atoms with Crippen molar-refractivity contribution in [1.29, 1.82) is 0 Å². The Hall–Kier alpha value is -3.78. The van der Waals surface area contributed by atoms with Crippen LogP contribution in [-0.4, -0.2) is 42.5 Å². The van der Waals surface area contributed by atoms with Gasteiger partial charge in [0.1, 0.15) is 17.3 Å². The number of nitrogens with one attached hydrogen (secondary N) is 3. The van der Waals surface area contributed by atoms with Crippen molar-refractivity contribution in [2.45, 2.75) is 24.4 Å². The van der Waals surface area contributed by atoms with E-state index in [0.717, 1.165) is 11.3 Å². The van der Waals surface area contributed by atoms with Gasteiger partial charge in [-0.1, -0.05) is 18.2 Å².